The van der Waals surface area contributed by atoms with Crippen molar-refractivity contribution in [3.63, 3.8) is 0 Å². The van der Waals surface area contributed by atoms with E-state index >= 15 is 0 Å². The maximum Gasteiger partial charge on any atom is 0.123 e. The first-order valence-corrected chi connectivity index (χ1v) is 5.78. The number of hydrogen-bond acceptors (Lipinski definition) is 2. The first-order valence-electron chi connectivity index (χ1n) is 5.78. The molecule has 0 amide bonds. The number of halogens is 1. The predicted octanol–water partition coefficient (Wildman–Crippen LogP) is 3.86. The fourth-order valence-electron chi connectivity index (χ4n) is 1.92. The molecular weight excluding hydrogens is 227 g/mol. The Morgan fingerprint density at radius 1 is 1.11 bits per heavy atom. The van der Waals surface area contributed by atoms with Crippen LogP contribution >= 0.6 is 0 Å². The van der Waals surface area contributed by atoms with E-state index in [1.807, 2.05) is 30.0 Å². The molecule has 2 nitrogen and oxygen atoms in total. The van der Waals surface area contributed by atoms with E-state index in [2.05, 4.69) is 6.07 Å². The van der Waals surface area contributed by atoms with Gasteiger partial charge in [-0.1, -0.05) is 12.1 Å². The zero-order valence-electron chi connectivity index (χ0n) is 10.1. The summed E-state index contributed by atoms with van der Waals surface area (Å²) < 4.78 is 12.9. The van der Waals surface area contributed by atoms with Crippen molar-refractivity contribution in [1.29, 1.82) is 5.26 Å². The van der Waals surface area contributed by atoms with E-state index in [1.165, 1.54) is 12.1 Å². The van der Waals surface area contributed by atoms with Crippen LogP contribution in [0.1, 0.15) is 12.5 Å². The topological polar surface area (TPSA) is 27.0 Å². The van der Waals surface area contributed by atoms with E-state index in [0.717, 1.165) is 11.4 Å². The lowest BCUT2D eigenvalue weighted by Crippen LogP contribution is -2.17. The summed E-state index contributed by atoms with van der Waals surface area (Å²) in [7, 11) is 0. The van der Waals surface area contributed by atoms with Crippen LogP contribution in [0.25, 0.3) is 0 Å². The van der Waals surface area contributed by atoms with Crippen LogP contribution in [-0.4, -0.2) is 6.54 Å². The number of nitriles is 1. The number of hydrogen-bond donors (Lipinski definition) is 0. The normalized spacial score (nSPS) is 9.83. The molecule has 2 rings (SSSR count). The molecule has 0 atom stereocenters. The number of rotatable bonds is 3. The van der Waals surface area contributed by atoms with Gasteiger partial charge < -0.3 is 4.90 Å². The lowest BCUT2D eigenvalue weighted by Gasteiger charge is -2.24. The molecular formula is C15H13FN2. The molecule has 0 aliphatic rings. The Hall–Kier alpha value is -2.34. The molecule has 0 bridgehead atoms. The second-order valence-electron chi connectivity index (χ2n) is 3.85. The molecule has 2 aromatic carbocycles. The quantitative estimate of drug-likeness (QED) is 0.814. The highest BCUT2D eigenvalue weighted by Crippen LogP contribution is 2.27. The lowest BCUT2D eigenvalue weighted by molar-refractivity contribution is 0.628. The Balaban J connectivity index is 2.46. The van der Waals surface area contributed by atoms with Crippen molar-refractivity contribution in [2.45, 2.75) is 6.92 Å². The molecule has 0 aliphatic heterocycles. The van der Waals surface area contributed by atoms with Crippen molar-refractivity contribution in [2.24, 2.45) is 0 Å². The van der Waals surface area contributed by atoms with Crippen LogP contribution in [0.15, 0.2) is 48.5 Å². The fraction of sp³-hybridized carbons (Fsp3) is 0.133. The van der Waals surface area contributed by atoms with Crippen molar-refractivity contribution in [1.82, 2.24) is 0 Å². The smallest absolute Gasteiger partial charge is 0.123 e. The van der Waals surface area contributed by atoms with Crippen LogP contribution in [-0.2, 0) is 0 Å². The Morgan fingerprint density at radius 3 is 2.39 bits per heavy atom. The van der Waals surface area contributed by atoms with E-state index in [1.54, 1.807) is 18.2 Å². The van der Waals surface area contributed by atoms with Crippen molar-refractivity contribution in [3.05, 3.63) is 59.9 Å². The van der Waals surface area contributed by atoms with Gasteiger partial charge in [0, 0.05) is 12.2 Å². The fourth-order valence-corrected chi connectivity index (χ4v) is 1.92. The van der Waals surface area contributed by atoms with Gasteiger partial charge in [-0.2, -0.15) is 5.26 Å². The predicted molar refractivity (Wildman–Crippen MR) is 70.2 cm³/mol. The standard InChI is InChI=1S/C15H13FN2/c1-2-18(14-9-7-13(16)8-10-14)15-6-4-3-5-12(15)11-17/h3-10H,2H2,1H3. The van der Waals surface area contributed by atoms with Crippen LogP contribution in [0.4, 0.5) is 15.8 Å². The van der Waals surface area contributed by atoms with Crippen LogP contribution in [0, 0.1) is 17.1 Å². The second kappa shape index (κ2) is 5.33. The van der Waals surface area contributed by atoms with Crippen molar-refractivity contribution in [3.8, 4) is 6.07 Å². The molecule has 0 spiro atoms. The third-order valence-electron chi connectivity index (χ3n) is 2.77. The average Bonchev–Trinajstić information content (AvgIpc) is 2.42. The number of para-hydroxylation sites is 1. The molecule has 18 heavy (non-hydrogen) atoms. The highest BCUT2D eigenvalue weighted by Gasteiger charge is 2.10. The second-order valence-corrected chi connectivity index (χ2v) is 3.85. The molecule has 0 aromatic heterocycles. The Labute approximate surface area is 106 Å². The van der Waals surface area contributed by atoms with Crippen LogP contribution in [0.5, 0.6) is 0 Å². The van der Waals surface area contributed by atoms with E-state index in [0.29, 0.717) is 12.1 Å². The van der Waals surface area contributed by atoms with Gasteiger partial charge in [0.25, 0.3) is 0 Å². The molecule has 0 aliphatic carbocycles. The number of nitrogens with zero attached hydrogens (tertiary/aromatic N) is 2. The van der Waals surface area contributed by atoms with Gasteiger partial charge in [-0.25, -0.2) is 4.39 Å². The average molecular weight is 240 g/mol. The molecule has 0 fully saturated rings. The molecule has 0 saturated heterocycles. The SMILES string of the molecule is CCN(c1ccc(F)cc1)c1ccccc1C#N. The minimum absolute atomic E-state index is 0.261. The minimum Gasteiger partial charge on any atom is -0.341 e. The Bertz CT molecular complexity index is 570. The summed E-state index contributed by atoms with van der Waals surface area (Å²) in [5.41, 5.74) is 2.33. The van der Waals surface area contributed by atoms with Gasteiger partial charge in [-0.05, 0) is 43.3 Å². The summed E-state index contributed by atoms with van der Waals surface area (Å²) in [4.78, 5) is 1.98. The van der Waals surface area contributed by atoms with Crippen molar-refractivity contribution in [2.75, 3.05) is 11.4 Å². The van der Waals surface area contributed by atoms with E-state index < -0.39 is 0 Å². The maximum atomic E-state index is 12.9. The Morgan fingerprint density at radius 2 is 1.78 bits per heavy atom. The molecule has 0 unspecified atom stereocenters. The monoisotopic (exact) mass is 240 g/mol. The summed E-state index contributed by atoms with van der Waals surface area (Å²) in [6.07, 6.45) is 0. The zero-order valence-corrected chi connectivity index (χ0v) is 10.1. The number of anilines is 2. The van der Waals surface area contributed by atoms with Crippen molar-refractivity contribution < 1.29 is 4.39 Å². The first-order chi connectivity index (χ1) is 8.76. The third-order valence-corrected chi connectivity index (χ3v) is 2.77. The molecule has 0 saturated carbocycles. The summed E-state index contributed by atoms with van der Waals surface area (Å²) >= 11 is 0. The first kappa shape index (κ1) is 12.1. The third kappa shape index (κ3) is 2.33. The molecule has 3 heteroatoms. The molecule has 0 radical (unpaired) electrons. The van der Waals surface area contributed by atoms with Crippen LogP contribution in [0.2, 0.25) is 0 Å². The lowest BCUT2D eigenvalue weighted by atomic mass is 10.1. The van der Waals surface area contributed by atoms with Gasteiger partial charge >= 0.3 is 0 Å². The van der Waals surface area contributed by atoms with Gasteiger partial charge in [0.2, 0.25) is 0 Å². The summed E-state index contributed by atoms with van der Waals surface area (Å²) in [6.45, 7) is 2.71. The van der Waals surface area contributed by atoms with E-state index in [4.69, 9.17) is 5.26 Å². The van der Waals surface area contributed by atoms with Gasteiger partial charge in [-0.15, -0.1) is 0 Å². The number of benzene rings is 2. The van der Waals surface area contributed by atoms with E-state index in [-0.39, 0.29) is 5.82 Å². The maximum absolute atomic E-state index is 12.9. The zero-order chi connectivity index (χ0) is 13.0. The molecule has 90 valence electrons. The van der Waals surface area contributed by atoms with E-state index in [9.17, 15) is 4.39 Å². The van der Waals surface area contributed by atoms with Crippen LogP contribution in [0.3, 0.4) is 0 Å². The van der Waals surface area contributed by atoms with Gasteiger partial charge in [0.1, 0.15) is 11.9 Å². The molecule has 0 heterocycles. The molecule has 0 N–H and O–H groups in total. The van der Waals surface area contributed by atoms with Gasteiger partial charge in [-0.3, -0.25) is 0 Å². The highest BCUT2D eigenvalue weighted by atomic mass is 19.1. The highest BCUT2D eigenvalue weighted by molar-refractivity contribution is 5.69. The van der Waals surface area contributed by atoms with Gasteiger partial charge in [0.05, 0.1) is 11.3 Å². The largest absolute Gasteiger partial charge is 0.341 e. The summed E-state index contributed by atoms with van der Waals surface area (Å²) in [6, 6.07) is 15.9. The summed E-state index contributed by atoms with van der Waals surface area (Å²) in [5, 5.41) is 9.12. The Kier molecular flexibility index (Phi) is 3.59. The summed E-state index contributed by atoms with van der Waals surface area (Å²) in [5.74, 6) is -0.261. The van der Waals surface area contributed by atoms with Gasteiger partial charge in [0.15, 0.2) is 0 Å². The molecule has 2 aromatic rings. The van der Waals surface area contributed by atoms with Crippen LogP contribution < -0.4 is 4.90 Å². The minimum atomic E-state index is -0.261. The van der Waals surface area contributed by atoms with Crippen molar-refractivity contribution >= 4 is 11.4 Å².